The fraction of sp³-hybridized carbons (Fsp3) is 0.538. The number of benzene rings is 1. The first kappa shape index (κ1) is 14.0. The Morgan fingerprint density at radius 2 is 1.80 bits per heavy atom. The molecule has 0 amide bonds. The van der Waals surface area contributed by atoms with Gasteiger partial charge in [-0.25, -0.2) is 0 Å². The maximum Gasteiger partial charge on any atom is 0.122 e. The van der Waals surface area contributed by atoms with E-state index in [-0.39, 0.29) is 6.61 Å². The predicted octanol–water partition coefficient (Wildman–Crippen LogP) is 3.17. The maximum atomic E-state index is 8.56. The molecular formula is C13H22O2. The zero-order valence-corrected chi connectivity index (χ0v) is 9.99. The molecule has 0 fully saturated rings. The van der Waals surface area contributed by atoms with Crippen LogP contribution in [0.5, 0.6) is 5.75 Å². The van der Waals surface area contributed by atoms with Gasteiger partial charge >= 0.3 is 0 Å². The molecule has 1 aromatic carbocycles. The normalized spacial score (nSPS) is 9.07. The van der Waals surface area contributed by atoms with Gasteiger partial charge in [-0.2, -0.15) is 0 Å². The van der Waals surface area contributed by atoms with E-state index in [4.69, 9.17) is 9.84 Å². The van der Waals surface area contributed by atoms with Crippen molar-refractivity contribution in [2.45, 2.75) is 33.6 Å². The molecule has 0 aliphatic rings. The number of unbranched alkanes of at least 4 members (excludes halogenated alkanes) is 1. The number of aliphatic hydroxyl groups is 1. The summed E-state index contributed by atoms with van der Waals surface area (Å²) in [5.74, 6) is 0.945. The maximum absolute atomic E-state index is 8.56. The SMILES string of the molecule is CC.Cc1ccccc1OCCCCO. The van der Waals surface area contributed by atoms with Crippen molar-refractivity contribution >= 4 is 0 Å². The fourth-order valence-corrected chi connectivity index (χ4v) is 1.11. The third-order valence-corrected chi connectivity index (χ3v) is 1.90. The molecule has 0 saturated heterocycles. The van der Waals surface area contributed by atoms with Gasteiger partial charge in [0.15, 0.2) is 0 Å². The molecule has 0 aromatic heterocycles. The van der Waals surface area contributed by atoms with Gasteiger partial charge in [0.05, 0.1) is 6.61 Å². The van der Waals surface area contributed by atoms with Crippen LogP contribution in [0.4, 0.5) is 0 Å². The lowest BCUT2D eigenvalue weighted by Crippen LogP contribution is -1.99. The second kappa shape index (κ2) is 9.53. The van der Waals surface area contributed by atoms with Crippen LogP contribution in [0.2, 0.25) is 0 Å². The van der Waals surface area contributed by atoms with Crippen molar-refractivity contribution in [3.8, 4) is 5.75 Å². The van der Waals surface area contributed by atoms with Gasteiger partial charge in [-0.1, -0.05) is 32.0 Å². The van der Waals surface area contributed by atoms with Gasteiger partial charge in [0.25, 0.3) is 0 Å². The molecule has 0 spiro atoms. The molecule has 1 aromatic rings. The molecule has 0 unspecified atom stereocenters. The van der Waals surface area contributed by atoms with E-state index in [2.05, 4.69) is 0 Å². The van der Waals surface area contributed by atoms with Crippen LogP contribution in [0.25, 0.3) is 0 Å². The summed E-state index contributed by atoms with van der Waals surface area (Å²) in [6, 6.07) is 7.96. The van der Waals surface area contributed by atoms with Gasteiger partial charge in [-0.3, -0.25) is 0 Å². The van der Waals surface area contributed by atoms with Crippen molar-refractivity contribution in [1.29, 1.82) is 0 Å². The molecule has 0 radical (unpaired) electrons. The molecule has 0 heterocycles. The van der Waals surface area contributed by atoms with Crippen molar-refractivity contribution < 1.29 is 9.84 Å². The number of aryl methyl sites for hydroxylation is 1. The minimum absolute atomic E-state index is 0.247. The highest BCUT2D eigenvalue weighted by molar-refractivity contribution is 5.31. The Morgan fingerprint density at radius 1 is 1.13 bits per heavy atom. The summed E-state index contributed by atoms with van der Waals surface area (Å²) in [6.07, 6.45) is 1.72. The largest absolute Gasteiger partial charge is 0.493 e. The van der Waals surface area contributed by atoms with E-state index >= 15 is 0 Å². The number of rotatable bonds is 5. The van der Waals surface area contributed by atoms with Crippen LogP contribution >= 0.6 is 0 Å². The Labute approximate surface area is 92.9 Å². The van der Waals surface area contributed by atoms with E-state index in [9.17, 15) is 0 Å². The Hall–Kier alpha value is -1.02. The molecular weight excluding hydrogens is 188 g/mol. The third kappa shape index (κ3) is 6.13. The second-order valence-corrected chi connectivity index (χ2v) is 3.04. The lowest BCUT2D eigenvalue weighted by Gasteiger charge is -2.07. The highest BCUT2D eigenvalue weighted by Gasteiger charge is 1.96. The number of ether oxygens (including phenoxy) is 1. The van der Waals surface area contributed by atoms with Crippen molar-refractivity contribution in [2.75, 3.05) is 13.2 Å². The lowest BCUT2D eigenvalue weighted by molar-refractivity contribution is 0.252. The van der Waals surface area contributed by atoms with E-state index in [1.54, 1.807) is 0 Å². The van der Waals surface area contributed by atoms with E-state index in [1.807, 2.05) is 45.0 Å². The zero-order chi connectivity index (χ0) is 11.5. The van der Waals surface area contributed by atoms with E-state index in [0.29, 0.717) is 6.61 Å². The molecule has 0 aliphatic heterocycles. The van der Waals surface area contributed by atoms with Gasteiger partial charge in [0.2, 0.25) is 0 Å². The first-order chi connectivity index (χ1) is 7.34. The number of hydrogen-bond donors (Lipinski definition) is 1. The summed E-state index contributed by atoms with van der Waals surface area (Å²) in [5, 5.41) is 8.56. The summed E-state index contributed by atoms with van der Waals surface area (Å²) in [6.45, 7) is 6.96. The molecule has 2 heteroatoms. The highest BCUT2D eigenvalue weighted by atomic mass is 16.5. The molecule has 2 nitrogen and oxygen atoms in total. The Kier molecular flexibility index (Phi) is 8.88. The first-order valence-electron chi connectivity index (χ1n) is 5.64. The minimum atomic E-state index is 0.247. The van der Waals surface area contributed by atoms with Crippen LogP contribution in [0.15, 0.2) is 24.3 Å². The Morgan fingerprint density at radius 3 is 2.40 bits per heavy atom. The van der Waals surface area contributed by atoms with E-state index < -0.39 is 0 Å². The average molecular weight is 210 g/mol. The smallest absolute Gasteiger partial charge is 0.122 e. The Bertz CT molecular complexity index is 246. The summed E-state index contributed by atoms with van der Waals surface area (Å²) in [5.41, 5.74) is 1.16. The monoisotopic (exact) mass is 210 g/mol. The number of aliphatic hydroxyl groups excluding tert-OH is 1. The summed E-state index contributed by atoms with van der Waals surface area (Å²) in [7, 11) is 0. The van der Waals surface area contributed by atoms with Crippen LogP contribution in [-0.4, -0.2) is 18.3 Å². The van der Waals surface area contributed by atoms with Gasteiger partial charge in [0, 0.05) is 6.61 Å². The van der Waals surface area contributed by atoms with Crippen LogP contribution in [0, 0.1) is 6.92 Å². The number of hydrogen-bond acceptors (Lipinski definition) is 2. The van der Waals surface area contributed by atoms with Gasteiger partial charge < -0.3 is 9.84 Å². The number of para-hydroxylation sites is 1. The van der Waals surface area contributed by atoms with Gasteiger partial charge in [0.1, 0.15) is 5.75 Å². The molecule has 1 N–H and O–H groups in total. The third-order valence-electron chi connectivity index (χ3n) is 1.90. The van der Waals surface area contributed by atoms with Crippen molar-refractivity contribution in [1.82, 2.24) is 0 Å². The lowest BCUT2D eigenvalue weighted by atomic mass is 10.2. The van der Waals surface area contributed by atoms with Crippen molar-refractivity contribution in [3.05, 3.63) is 29.8 Å². The minimum Gasteiger partial charge on any atom is -0.493 e. The summed E-state index contributed by atoms with van der Waals surface area (Å²) >= 11 is 0. The Balaban J connectivity index is 0.000000921. The zero-order valence-electron chi connectivity index (χ0n) is 9.99. The van der Waals surface area contributed by atoms with E-state index in [0.717, 1.165) is 24.2 Å². The van der Waals surface area contributed by atoms with Crippen molar-refractivity contribution in [2.24, 2.45) is 0 Å². The second-order valence-electron chi connectivity index (χ2n) is 3.04. The quantitative estimate of drug-likeness (QED) is 0.756. The molecule has 0 bridgehead atoms. The first-order valence-corrected chi connectivity index (χ1v) is 5.64. The van der Waals surface area contributed by atoms with Crippen LogP contribution in [0.1, 0.15) is 32.3 Å². The molecule has 0 atom stereocenters. The fourth-order valence-electron chi connectivity index (χ4n) is 1.11. The molecule has 1 rings (SSSR count). The predicted molar refractivity (Wildman–Crippen MR) is 64.3 cm³/mol. The van der Waals surface area contributed by atoms with Crippen molar-refractivity contribution in [3.63, 3.8) is 0 Å². The average Bonchev–Trinajstić information content (AvgIpc) is 2.29. The summed E-state index contributed by atoms with van der Waals surface area (Å²) in [4.78, 5) is 0. The summed E-state index contributed by atoms with van der Waals surface area (Å²) < 4.78 is 5.53. The standard InChI is InChI=1S/C11H16O2.C2H6/c1-10-6-2-3-7-11(10)13-9-5-4-8-12;1-2/h2-3,6-7,12H,4-5,8-9H2,1H3;1-2H3. The van der Waals surface area contributed by atoms with Gasteiger partial charge in [-0.05, 0) is 31.4 Å². The molecule has 0 saturated carbocycles. The topological polar surface area (TPSA) is 29.5 Å². The van der Waals surface area contributed by atoms with Crippen LogP contribution in [0.3, 0.4) is 0 Å². The highest BCUT2D eigenvalue weighted by Crippen LogP contribution is 2.16. The van der Waals surface area contributed by atoms with Crippen LogP contribution in [-0.2, 0) is 0 Å². The van der Waals surface area contributed by atoms with Gasteiger partial charge in [-0.15, -0.1) is 0 Å². The van der Waals surface area contributed by atoms with Crippen LogP contribution < -0.4 is 4.74 Å². The molecule has 0 aliphatic carbocycles. The van der Waals surface area contributed by atoms with E-state index in [1.165, 1.54) is 0 Å². The molecule has 86 valence electrons. The molecule has 15 heavy (non-hydrogen) atoms.